The first-order chi connectivity index (χ1) is 16.3. The van der Waals surface area contributed by atoms with Crippen LogP contribution in [0.3, 0.4) is 0 Å². The quantitative estimate of drug-likeness (QED) is 0.665. The first-order valence-corrected chi connectivity index (χ1v) is 12.8. The molecule has 2 bridgehead atoms. The number of fused-ring (bicyclic) bond motifs is 1. The molecule has 6 nitrogen and oxygen atoms in total. The molecule has 3 fully saturated rings. The minimum absolute atomic E-state index is 0.0289. The number of benzene rings is 2. The monoisotopic (exact) mass is 456 g/mol. The summed E-state index contributed by atoms with van der Waals surface area (Å²) in [5.41, 5.74) is 6.48. The second kappa shape index (κ2) is 5.80. The number of likely N-dealkylation sites (N-methyl/N-ethyl adjacent to an activating group) is 1. The van der Waals surface area contributed by atoms with E-state index < -0.39 is 0 Å². The summed E-state index contributed by atoms with van der Waals surface area (Å²) in [6.07, 6.45) is 2.40. The molecule has 8 rings (SSSR count). The van der Waals surface area contributed by atoms with Gasteiger partial charge in [0.05, 0.1) is 23.2 Å². The molecule has 1 amide bonds. The number of ether oxygens (including phenoxy) is 1. The molecular weight excluding hydrogens is 424 g/mol. The van der Waals surface area contributed by atoms with E-state index in [1.165, 1.54) is 28.1 Å². The van der Waals surface area contributed by atoms with Gasteiger partial charge in [0.1, 0.15) is 12.3 Å². The highest BCUT2D eigenvalue weighted by Gasteiger charge is 2.77. The van der Waals surface area contributed by atoms with Crippen LogP contribution in [0.1, 0.15) is 56.3 Å². The first-order valence-electron chi connectivity index (χ1n) is 12.8. The molecule has 2 aromatic rings. The first kappa shape index (κ1) is 19.7. The van der Waals surface area contributed by atoms with E-state index in [-0.39, 0.29) is 46.8 Å². The molecular formula is C28H32N4O2. The molecule has 0 saturated carbocycles. The number of para-hydroxylation sites is 1. The molecule has 0 aliphatic carbocycles. The summed E-state index contributed by atoms with van der Waals surface area (Å²) in [5.74, 6) is 0.184. The predicted molar refractivity (Wildman–Crippen MR) is 131 cm³/mol. The van der Waals surface area contributed by atoms with Gasteiger partial charge < -0.3 is 19.9 Å². The number of amides is 1. The smallest absolute Gasteiger partial charge is 0.220 e. The van der Waals surface area contributed by atoms with Crippen LogP contribution in [0, 0.1) is 0 Å². The van der Waals surface area contributed by atoms with E-state index in [1.807, 2.05) is 0 Å². The van der Waals surface area contributed by atoms with E-state index in [9.17, 15) is 4.79 Å². The van der Waals surface area contributed by atoms with Crippen molar-refractivity contribution in [3.8, 4) is 0 Å². The fourth-order valence-electron chi connectivity index (χ4n) is 9.05. The zero-order chi connectivity index (χ0) is 23.2. The number of piperidine rings is 1. The Morgan fingerprint density at radius 2 is 1.82 bits per heavy atom. The molecule has 2 spiro atoms. The summed E-state index contributed by atoms with van der Waals surface area (Å²) in [7, 11) is 2.25. The average Bonchev–Trinajstić information content (AvgIpc) is 3.21. The Labute approximate surface area is 200 Å². The Bertz CT molecular complexity index is 1270. The minimum atomic E-state index is -0.160. The van der Waals surface area contributed by atoms with Crippen molar-refractivity contribution in [2.45, 2.75) is 74.5 Å². The minimum Gasteiger partial charge on any atom is -0.365 e. The molecule has 3 saturated heterocycles. The Morgan fingerprint density at radius 3 is 2.59 bits per heavy atom. The van der Waals surface area contributed by atoms with E-state index >= 15 is 0 Å². The summed E-state index contributed by atoms with van der Waals surface area (Å²) in [6, 6.07) is 15.9. The summed E-state index contributed by atoms with van der Waals surface area (Å²) in [5, 5.41) is 3.99. The van der Waals surface area contributed by atoms with Crippen LogP contribution in [0.25, 0.3) is 0 Å². The molecule has 6 heterocycles. The van der Waals surface area contributed by atoms with Gasteiger partial charge in [0.2, 0.25) is 5.91 Å². The van der Waals surface area contributed by atoms with E-state index in [0.717, 1.165) is 25.9 Å². The van der Waals surface area contributed by atoms with Gasteiger partial charge in [-0.05, 0) is 55.5 Å². The van der Waals surface area contributed by atoms with Crippen molar-refractivity contribution in [3.05, 3.63) is 59.2 Å². The summed E-state index contributed by atoms with van der Waals surface area (Å²) in [6.45, 7) is 7.96. The van der Waals surface area contributed by atoms with Crippen LogP contribution in [0.2, 0.25) is 0 Å². The van der Waals surface area contributed by atoms with Crippen molar-refractivity contribution in [2.75, 3.05) is 30.4 Å². The Balaban J connectivity index is 1.51. The predicted octanol–water partition coefficient (Wildman–Crippen LogP) is 3.58. The molecule has 176 valence electrons. The topological polar surface area (TPSA) is 51.4 Å². The van der Waals surface area contributed by atoms with Gasteiger partial charge in [-0.1, -0.05) is 30.3 Å². The van der Waals surface area contributed by atoms with Gasteiger partial charge in [-0.3, -0.25) is 9.69 Å². The number of nitrogens with one attached hydrogen (secondary N) is 1. The third-order valence-corrected chi connectivity index (χ3v) is 10.2. The average molecular weight is 457 g/mol. The molecule has 2 unspecified atom stereocenters. The molecule has 34 heavy (non-hydrogen) atoms. The van der Waals surface area contributed by atoms with Crippen molar-refractivity contribution < 1.29 is 9.53 Å². The molecule has 6 aliphatic rings. The largest absolute Gasteiger partial charge is 0.365 e. The zero-order valence-electron chi connectivity index (χ0n) is 20.3. The van der Waals surface area contributed by atoms with Gasteiger partial charge in [0, 0.05) is 43.9 Å². The standard InChI is InChI=1S/C28H32N4O2/c1-16(33)31-14-12-27-18-9-5-6-10-19(18)29-24-28(27)13-15-32(25(27)31)22(23-26(2,3)34-23)17-8-7-11-20(21(17)28)30(24)4/h5-11,22-25,29H,12-15H2,1-4H3/t22-,23?,24+,25+,27-,28-/m0/s1. The lowest BCUT2D eigenvalue weighted by atomic mass is 9.50. The van der Waals surface area contributed by atoms with Gasteiger partial charge >= 0.3 is 0 Å². The molecule has 2 aromatic carbocycles. The normalized spacial score (nSPS) is 41.4. The van der Waals surface area contributed by atoms with Crippen molar-refractivity contribution in [1.82, 2.24) is 9.80 Å². The van der Waals surface area contributed by atoms with Crippen LogP contribution in [0.15, 0.2) is 42.5 Å². The number of hydrogen-bond acceptors (Lipinski definition) is 5. The maximum absolute atomic E-state index is 13.2. The lowest BCUT2D eigenvalue weighted by molar-refractivity contribution is -0.140. The van der Waals surface area contributed by atoms with Gasteiger partial charge in [0.15, 0.2) is 0 Å². The van der Waals surface area contributed by atoms with Gasteiger partial charge in [-0.2, -0.15) is 0 Å². The number of epoxide rings is 1. The highest BCUT2D eigenvalue weighted by atomic mass is 16.6. The maximum Gasteiger partial charge on any atom is 0.220 e. The van der Waals surface area contributed by atoms with Gasteiger partial charge in [-0.15, -0.1) is 0 Å². The van der Waals surface area contributed by atoms with Crippen molar-refractivity contribution >= 4 is 17.3 Å². The van der Waals surface area contributed by atoms with Crippen LogP contribution < -0.4 is 10.2 Å². The molecule has 1 N–H and O–H groups in total. The Morgan fingerprint density at radius 1 is 1.06 bits per heavy atom. The van der Waals surface area contributed by atoms with Gasteiger partial charge in [0.25, 0.3) is 0 Å². The highest BCUT2D eigenvalue weighted by Crippen LogP contribution is 2.72. The van der Waals surface area contributed by atoms with Crippen LogP contribution >= 0.6 is 0 Å². The summed E-state index contributed by atoms with van der Waals surface area (Å²) >= 11 is 0. The van der Waals surface area contributed by atoms with E-state index in [0.29, 0.717) is 0 Å². The Hall–Kier alpha value is -2.57. The number of carbonyl (C=O) groups is 1. The van der Waals surface area contributed by atoms with Crippen molar-refractivity contribution in [1.29, 1.82) is 0 Å². The Kier molecular flexibility index (Phi) is 3.36. The second-order valence-electron chi connectivity index (χ2n) is 11.8. The molecule has 0 radical (unpaired) electrons. The lowest BCUT2D eigenvalue weighted by Crippen LogP contribution is -2.73. The second-order valence-corrected chi connectivity index (χ2v) is 11.8. The van der Waals surface area contributed by atoms with Crippen molar-refractivity contribution in [3.63, 3.8) is 0 Å². The van der Waals surface area contributed by atoms with Crippen LogP contribution in [0.5, 0.6) is 0 Å². The van der Waals surface area contributed by atoms with Crippen LogP contribution in [0.4, 0.5) is 11.4 Å². The summed E-state index contributed by atoms with van der Waals surface area (Å²) in [4.78, 5) is 20.5. The van der Waals surface area contributed by atoms with E-state index in [4.69, 9.17) is 4.74 Å². The number of likely N-dealkylation sites (tertiary alicyclic amines) is 1. The molecule has 7 atom stereocenters. The van der Waals surface area contributed by atoms with Crippen molar-refractivity contribution in [2.24, 2.45) is 0 Å². The van der Waals surface area contributed by atoms with E-state index in [1.54, 1.807) is 6.92 Å². The number of anilines is 2. The van der Waals surface area contributed by atoms with Crippen LogP contribution in [-0.4, -0.2) is 59.9 Å². The zero-order valence-corrected chi connectivity index (χ0v) is 20.3. The molecule has 6 heteroatoms. The van der Waals surface area contributed by atoms with E-state index in [2.05, 4.69) is 83.4 Å². The number of nitrogens with zero attached hydrogens (tertiary/aromatic N) is 3. The lowest BCUT2D eigenvalue weighted by Gasteiger charge is -2.62. The fraction of sp³-hybridized carbons (Fsp3) is 0.536. The maximum atomic E-state index is 13.2. The SMILES string of the molecule is CC(=O)N1CC[C@@]23c4ccccc4N[C@@H]4N(C)c5cccc6c5[C@@]42CCN([C@@H]13)[C@@H]6C1OC1(C)C. The molecule has 6 aliphatic heterocycles. The third-order valence-electron chi connectivity index (χ3n) is 10.2. The molecule has 0 aromatic heterocycles. The number of hydrogen-bond donors (Lipinski definition) is 1. The fourth-order valence-corrected chi connectivity index (χ4v) is 9.05. The number of rotatable bonds is 1. The highest BCUT2D eigenvalue weighted by molar-refractivity contribution is 5.80. The summed E-state index contributed by atoms with van der Waals surface area (Å²) < 4.78 is 6.38. The van der Waals surface area contributed by atoms with Crippen LogP contribution in [-0.2, 0) is 20.4 Å². The number of carbonyl (C=O) groups excluding carboxylic acids is 1. The third kappa shape index (κ3) is 1.88. The van der Waals surface area contributed by atoms with Gasteiger partial charge in [-0.25, -0.2) is 0 Å².